The van der Waals surface area contributed by atoms with Gasteiger partial charge in [-0.05, 0) is 31.2 Å². The maximum atomic E-state index is 12.0. The molecule has 0 spiro atoms. The Kier molecular flexibility index (Phi) is 5.54. The zero-order valence-corrected chi connectivity index (χ0v) is 12.2. The minimum Gasteiger partial charge on any atom is -0.493 e. The number of amides is 1. The van der Waals surface area contributed by atoms with E-state index in [1.807, 2.05) is 13.0 Å². The molecule has 0 atom stereocenters. The first kappa shape index (κ1) is 15.6. The van der Waals surface area contributed by atoms with Crippen molar-refractivity contribution in [3.63, 3.8) is 0 Å². The average Bonchev–Trinajstić information content (AvgIpc) is 2.54. The normalized spacial score (nSPS) is 9.86. The molecule has 1 N–H and O–H groups in total. The van der Waals surface area contributed by atoms with Crippen LogP contribution in [0.15, 0.2) is 54.6 Å². The number of hydrogen-bond donors (Lipinski definition) is 1. The molecule has 0 aliphatic rings. The van der Waals surface area contributed by atoms with Crippen LogP contribution in [0.2, 0.25) is 0 Å². The summed E-state index contributed by atoms with van der Waals surface area (Å²) in [4.78, 5) is 23.8. The molecule has 0 aromatic heterocycles. The van der Waals surface area contributed by atoms with Crippen LogP contribution in [0, 0.1) is 0 Å². The third-order valence-electron chi connectivity index (χ3n) is 2.80. The monoisotopic (exact) mass is 299 g/mol. The molecule has 0 unspecified atom stereocenters. The molecule has 0 bridgehead atoms. The van der Waals surface area contributed by atoms with Crippen molar-refractivity contribution in [2.75, 3.05) is 18.5 Å². The van der Waals surface area contributed by atoms with Gasteiger partial charge in [0.2, 0.25) is 0 Å². The quantitative estimate of drug-likeness (QED) is 0.833. The molecule has 0 aliphatic heterocycles. The smallest absolute Gasteiger partial charge is 0.342 e. The van der Waals surface area contributed by atoms with E-state index in [9.17, 15) is 9.59 Å². The van der Waals surface area contributed by atoms with E-state index in [1.165, 1.54) is 0 Å². The van der Waals surface area contributed by atoms with E-state index in [1.54, 1.807) is 48.5 Å². The second-order valence-corrected chi connectivity index (χ2v) is 4.42. The van der Waals surface area contributed by atoms with Crippen LogP contribution in [0.3, 0.4) is 0 Å². The highest BCUT2D eigenvalue weighted by molar-refractivity contribution is 5.96. The zero-order chi connectivity index (χ0) is 15.8. The number of esters is 1. The summed E-state index contributed by atoms with van der Waals surface area (Å²) >= 11 is 0. The summed E-state index contributed by atoms with van der Waals surface area (Å²) in [7, 11) is 0. The highest BCUT2D eigenvalue weighted by Gasteiger charge is 2.15. The van der Waals surface area contributed by atoms with Crippen LogP contribution in [0.5, 0.6) is 5.75 Å². The molecule has 1 amide bonds. The van der Waals surface area contributed by atoms with E-state index in [4.69, 9.17) is 9.47 Å². The van der Waals surface area contributed by atoms with E-state index >= 15 is 0 Å². The van der Waals surface area contributed by atoms with Crippen LogP contribution in [-0.2, 0) is 9.53 Å². The maximum Gasteiger partial charge on any atom is 0.342 e. The van der Waals surface area contributed by atoms with Gasteiger partial charge in [0.15, 0.2) is 6.61 Å². The largest absolute Gasteiger partial charge is 0.493 e. The van der Waals surface area contributed by atoms with E-state index in [-0.39, 0.29) is 6.61 Å². The van der Waals surface area contributed by atoms with Crippen LogP contribution in [-0.4, -0.2) is 25.1 Å². The first-order valence-corrected chi connectivity index (χ1v) is 6.94. The number of hydrogen-bond acceptors (Lipinski definition) is 4. The van der Waals surface area contributed by atoms with Crippen LogP contribution in [0.25, 0.3) is 0 Å². The fourth-order valence-corrected chi connectivity index (χ4v) is 1.84. The summed E-state index contributed by atoms with van der Waals surface area (Å²) in [5, 5.41) is 2.64. The van der Waals surface area contributed by atoms with Gasteiger partial charge in [-0.15, -0.1) is 0 Å². The SMILES string of the molecule is CCOc1ccccc1C(=O)OCC(=O)Nc1ccccc1. The fourth-order valence-electron chi connectivity index (χ4n) is 1.84. The molecule has 2 aromatic rings. The van der Waals surface area contributed by atoms with Crippen molar-refractivity contribution in [3.05, 3.63) is 60.2 Å². The maximum absolute atomic E-state index is 12.0. The molecule has 0 saturated heterocycles. The van der Waals surface area contributed by atoms with Crippen LogP contribution in [0.4, 0.5) is 5.69 Å². The van der Waals surface area contributed by atoms with Crippen LogP contribution < -0.4 is 10.1 Å². The van der Waals surface area contributed by atoms with Crippen molar-refractivity contribution in [2.45, 2.75) is 6.92 Å². The minimum atomic E-state index is -0.590. The number of ether oxygens (including phenoxy) is 2. The topological polar surface area (TPSA) is 64.6 Å². The highest BCUT2D eigenvalue weighted by atomic mass is 16.5. The lowest BCUT2D eigenvalue weighted by atomic mass is 10.2. The summed E-state index contributed by atoms with van der Waals surface area (Å²) in [5.41, 5.74) is 0.954. The van der Waals surface area contributed by atoms with Crippen LogP contribution in [0.1, 0.15) is 17.3 Å². The second kappa shape index (κ2) is 7.83. The summed E-state index contributed by atoms with van der Waals surface area (Å²) in [6.45, 7) is 1.92. The molecule has 0 fully saturated rings. The lowest BCUT2D eigenvalue weighted by Crippen LogP contribution is -2.21. The molecular formula is C17H17NO4. The molecule has 0 saturated carbocycles. The number of carbonyl (C=O) groups excluding carboxylic acids is 2. The highest BCUT2D eigenvalue weighted by Crippen LogP contribution is 2.18. The minimum absolute atomic E-state index is 0.303. The Hall–Kier alpha value is -2.82. The Morgan fingerprint density at radius 2 is 1.68 bits per heavy atom. The van der Waals surface area contributed by atoms with Crippen molar-refractivity contribution in [1.29, 1.82) is 0 Å². The predicted octanol–water partition coefficient (Wildman–Crippen LogP) is 2.88. The molecule has 0 heterocycles. The average molecular weight is 299 g/mol. The first-order chi connectivity index (χ1) is 10.7. The van der Waals surface area contributed by atoms with Gasteiger partial charge in [-0.25, -0.2) is 4.79 Å². The number of carbonyl (C=O) groups is 2. The van der Waals surface area contributed by atoms with Crippen LogP contribution >= 0.6 is 0 Å². The third-order valence-corrected chi connectivity index (χ3v) is 2.80. The van der Waals surface area contributed by atoms with E-state index in [0.717, 1.165) is 0 Å². The number of benzene rings is 2. The molecule has 5 nitrogen and oxygen atoms in total. The molecule has 0 radical (unpaired) electrons. The number of nitrogens with one attached hydrogen (secondary N) is 1. The molecule has 22 heavy (non-hydrogen) atoms. The fraction of sp³-hybridized carbons (Fsp3) is 0.176. The van der Waals surface area contributed by atoms with E-state index < -0.39 is 11.9 Å². The summed E-state index contributed by atoms with van der Waals surface area (Å²) < 4.78 is 10.4. The Labute approximate surface area is 128 Å². The number of rotatable bonds is 6. The molecular weight excluding hydrogens is 282 g/mol. The standard InChI is InChI=1S/C17H17NO4/c1-2-21-15-11-7-6-10-14(15)17(20)22-12-16(19)18-13-8-4-3-5-9-13/h3-11H,2,12H2,1H3,(H,18,19). The summed E-state index contributed by atoms with van der Waals surface area (Å²) in [6, 6.07) is 15.7. The van der Waals surface area contributed by atoms with Gasteiger partial charge in [-0.2, -0.15) is 0 Å². The molecule has 0 aliphatic carbocycles. The van der Waals surface area contributed by atoms with Gasteiger partial charge in [0.25, 0.3) is 5.91 Å². The van der Waals surface area contributed by atoms with Gasteiger partial charge in [0.05, 0.1) is 6.61 Å². The molecule has 2 aromatic carbocycles. The van der Waals surface area contributed by atoms with Gasteiger partial charge in [-0.3, -0.25) is 4.79 Å². The molecule has 5 heteroatoms. The van der Waals surface area contributed by atoms with Gasteiger partial charge in [0, 0.05) is 5.69 Å². The number of para-hydroxylation sites is 2. The zero-order valence-electron chi connectivity index (χ0n) is 12.2. The lowest BCUT2D eigenvalue weighted by Gasteiger charge is -2.10. The van der Waals surface area contributed by atoms with E-state index in [2.05, 4.69) is 5.32 Å². The van der Waals surface area contributed by atoms with Crippen molar-refractivity contribution in [3.8, 4) is 5.75 Å². The van der Waals surface area contributed by atoms with E-state index in [0.29, 0.717) is 23.6 Å². The van der Waals surface area contributed by atoms with Crippen molar-refractivity contribution >= 4 is 17.6 Å². The van der Waals surface area contributed by atoms with Gasteiger partial charge in [-0.1, -0.05) is 30.3 Å². The molecule has 2 rings (SSSR count). The Balaban J connectivity index is 1.91. The molecule has 114 valence electrons. The lowest BCUT2D eigenvalue weighted by molar-refractivity contribution is -0.119. The number of anilines is 1. The Morgan fingerprint density at radius 3 is 2.41 bits per heavy atom. The van der Waals surface area contributed by atoms with Crippen molar-refractivity contribution in [2.24, 2.45) is 0 Å². The first-order valence-electron chi connectivity index (χ1n) is 6.94. The van der Waals surface area contributed by atoms with Crippen molar-refractivity contribution < 1.29 is 19.1 Å². The second-order valence-electron chi connectivity index (χ2n) is 4.42. The summed E-state index contributed by atoms with van der Waals surface area (Å²) in [6.07, 6.45) is 0. The summed E-state index contributed by atoms with van der Waals surface area (Å²) in [5.74, 6) is -0.542. The predicted molar refractivity (Wildman–Crippen MR) is 83.0 cm³/mol. The Bertz CT molecular complexity index is 640. The Morgan fingerprint density at radius 1 is 1.00 bits per heavy atom. The van der Waals surface area contributed by atoms with Gasteiger partial charge >= 0.3 is 5.97 Å². The van der Waals surface area contributed by atoms with Crippen molar-refractivity contribution in [1.82, 2.24) is 0 Å². The van der Waals surface area contributed by atoms with Gasteiger partial charge in [0.1, 0.15) is 11.3 Å². The third kappa shape index (κ3) is 4.34. The van der Waals surface area contributed by atoms with Gasteiger partial charge < -0.3 is 14.8 Å².